The van der Waals surface area contributed by atoms with E-state index in [-0.39, 0.29) is 10.3 Å². The summed E-state index contributed by atoms with van der Waals surface area (Å²) in [6, 6.07) is 2.56. The summed E-state index contributed by atoms with van der Waals surface area (Å²) in [6.07, 6.45) is 0. The molecule has 2 aromatic rings. The molecule has 0 unspecified atom stereocenters. The number of hydrogen-bond donors (Lipinski definition) is 1. The number of halogens is 5. The van der Waals surface area contributed by atoms with Crippen molar-refractivity contribution >= 4 is 43.0 Å². The number of anilines is 1. The Labute approximate surface area is 123 Å². The van der Waals surface area contributed by atoms with Crippen LogP contribution in [0.4, 0.5) is 23.2 Å². The number of thiophene rings is 1. The van der Waals surface area contributed by atoms with Crippen LogP contribution in [0.25, 0.3) is 0 Å². The Morgan fingerprint density at radius 2 is 1.60 bits per heavy atom. The fourth-order valence-electron chi connectivity index (χ4n) is 1.29. The topological polar surface area (TPSA) is 46.2 Å². The van der Waals surface area contributed by atoms with Crippen LogP contribution in [0, 0.1) is 23.3 Å². The van der Waals surface area contributed by atoms with Gasteiger partial charge in [0.25, 0.3) is 10.0 Å². The van der Waals surface area contributed by atoms with Crippen molar-refractivity contribution in [3.8, 4) is 0 Å². The smallest absolute Gasteiger partial charge is 0.271 e. The molecule has 1 aromatic heterocycles. The predicted molar refractivity (Wildman–Crippen MR) is 69.1 cm³/mol. The molecule has 0 spiro atoms. The summed E-state index contributed by atoms with van der Waals surface area (Å²) in [7, 11) is -4.35. The van der Waals surface area contributed by atoms with E-state index in [0.717, 1.165) is 11.3 Å². The van der Waals surface area contributed by atoms with Gasteiger partial charge in [-0.3, -0.25) is 4.72 Å². The Hall–Kier alpha value is -1.13. The number of sulfonamides is 1. The zero-order chi connectivity index (χ0) is 15.1. The summed E-state index contributed by atoms with van der Waals surface area (Å²) in [6.45, 7) is 0. The maximum absolute atomic E-state index is 13.4. The fraction of sp³-hybridized carbons (Fsp3) is 0. The number of rotatable bonds is 3. The molecule has 10 heteroatoms. The minimum absolute atomic E-state index is 0.00973. The third kappa shape index (κ3) is 2.81. The Morgan fingerprint density at radius 1 is 1.05 bits per heavy atom. The summed E-state index contributed by atoms with van der Waals surface area (Å²) < 4.78 is 78.1. The van der Waals surface area contributed by atoms with Gasteiger partial charge in [0.15, 0.2) is 23.3 Å². The molecular weight excluding hydrogens is 386 g/mol. The molecule has 0 atom stereocenters. The van der Waals surface area contributed by atoms with Crippen molar-refractivity contribution < 1.29 is 26.0 Å². The molecule has 3 nitrogen and oxygen atoms in total. The highest BCUT2D eigenvalue weighted by Gasteiger charge is 2.25. The van der Waals surface area contributed by atoms with E-state index in [0.29, 0.717) is 3.79 Å². The second-order valence-electron chi connectivity index (χ2n) is 3.51. The quantitative estimate of drug-likeness (QED) is 0.639. The van der Waals surface area contributed by atoms with Crippen LogP contribution in [0.5, 0.6) is 0 Å². The van der Waals surface area contributed by atoms with E-state index in [1.165, 1.54) is 16.9 Å². The Bertz CT molecular complexity index is 750. The summed E-state index contributed by atoms with van der Waals surface area (Å²) >= 11 is 3.79. The van der Waals surface area contributed by atoms with E-state index in [4.69, 9.17) is 0 Å². The van der Waals surface area contributed by atoms with Gasteiger partial charge >= 0.3 is 0 Å². The van der Waals surface area contributed by atoms with E-state index in [2.05, 4.69) is 15.9 Å². The first-order valence-corrected chi connectivity index (χ1v) is 7.93. The lowest BCUT2D eigenvalue weighted by atomic mass is 10.3. The lowest BCUT2D eigenvalue weighted by molar-refractivity contribution is 0.459. The molecule has 0 aliphatic heterocycles. The highest BCUT2D eigenvalue weighted by atomic mass is 79.9. The molecule has 0 aliphatic rings. The van der Waals surface area contributed by atoms with Crippen LogP contribution in [-0.2, 0) is 10.0 Å². The number of benzene rings is 1. The van der Waals surface area contributed by atoms with Crippen LogP contribution in [0.1, 0.15) is 0 Å². The van der Waals surface area contributed by atoms with Gasteiger partial charge in [-0.05, 0) is 28.1 Å². The SMILES string of the molecule is O=S(=O)(Nc1c(F)c(F)cc(F)c1F)c1ccc(Br)s1. The average molecular weight is 390 g/mol. The van der Waals surface area contributed by atoms with Gasteiger partial charge in [0, 0.05) is 6.07 Å². The second kappa shape index (κ2) is 5.34. The van der Waals surface area contributed by atoms with E-state index in [1.807, 2.05) is 0 Å². The third-order valence-electron chi connectivity index (χ3n) is 2.16. The molecule has 1 heterocycles. The third-order valence-corrected chi connectivity index (χ3v) is 5.63. The van der Waals surface area contributed by atoms with Gasteiger partial charge in [-0.15, -0.1) is 11.3 Å². The Balaban J connectivity index is 2.50. The van der Waals surface area contributed by atoms with Crippen molar-refractivity contribution in [3.63, 3.8) is 0 Å². The molecule has 0 saturated carbocycles. The summed E-state index contributed by atoms with van der Waals surface area (Å²) in [5.41, 5.74) is -1.40. The first kappa shape index (κ1) is 15.3. The van der Waals surface area contributed by atoms with Crippen molar-refractivity contribution in [1.82, 2.24) is 0 Å². The Morgan fingerprint density at radius 3 is 2.05 bits per heavy atom. The van der Waals surface area contributed by atoms with Gasteiger partial charge < -0.3 is 0 Å². The number of hydrogen-bond acceptors (Lipinski definition) is 3. The minimum Gasteiger partial charge on any atom is -0.273 e. The van der Waals surface area contributed by atoms with Crippen LogP contribution in [0.3, 0.4) is 0 Å². The molecule has 0 bridgehead atoms. The molecule has 0 saturated heterocycles. The number of nitrogens with one attached hydrogen (secondary N) is 1. The van der Waals surface area contributed by atoms with E-state index < -0.39 is 39.0 Å². The largest absolute Gasteiger partial charge is 0.273 e. The average Bonchev–Trinajstić information content (AvgIpc) is 2.80. The maximum atomic E-state index is 13.4. The zero-order valence-electron chi connectivity index (χ0n) is 9.25. The summed E-state index contributed by atoms with van der Waals surface area (Å²) in [4.78, 5) is 0. The van der Waals surface area contributed by atoms with E-state index in [1.54, 1.807) is 0 Å². The monoisotopic (exact) mass is 389 g/mol. The van der Waals surface area contributed by atoms with Crippen LogP contribution in [-0.4, -0.2) is 8.42 Å². The standard InChI is InChI=1S/C10H4BrF4NO2S2/c11-6-1-2-7(19-6)20(17,18)16-10-8(14)4(12)3-5(13)9(10)15/h1-3,16H. The van der Waals surface area contributed by atoms with Gasteiger partial charge in [0.05, 0.1) is 3.79 Å². The molecule has 0 amide bonds. The van der Waals surface area contributed by atoms with E-state index in [9.17, 15) is 26.0 Å². The normalized spacial score (nSPS) is 11.7. The molecule has 0 aliphatic carbocycles. The molecule has 0 radical (unpaired) electrons. The molecule has 20 heavy (non-hydrogen) atoms. The van der Waals surface area contributed by atoms with Gasteiger partial charge in [-0.1, -0.05) is 0 Å². The molecular formula is C10H4BrF4NO2S2. The van der Waals surface area contributed by atoms with Gasteiger partial charge in [-0.2, -0.15) is 0 Å². The first-order valence-electron chi connectivity index (χ1n) is 4.83. The lowest BCUT2D eigenvalue weighted by Gasteiger charge is -2.09. The second-order valence-corrected chi connectivity index (χ2v) is 7.88. The van der Waals surface area contributed by atoms with Gasteiger partial charge in [0.2, 0.25) is 0 Å². The van der Waals surface area contributed by atoms with Crippen LogP contribution >= 0.6 is 27.3 Å². The highest BCUT2D eigenvalue weighted by Crippen LogP contribution is 2.30. The van der Waals surface area contributed by atoms with Crippen LogP contribution in [0.2, 0.25) is 0 Å². The molecule has 1 aromatic carbocycles. The van der Waals surface area contributed by atoms with Crippen molar-refractivity contribution in [2.75, 3.05) is 4.72 Å². The minimum atomic E-state index is -4.35. The van der Waals surface area contributed by atoms with Crippen molar-refractivity contribution in [3.05, 3.63) is 45.3 Å². The molecule has 0 fully saturated rings. The molecule has 2 rings (SSSR count). The van der Waals surface area contributed by atoms with Crippen molar-refractivity contribution in [2.24, 2.45) is 0 Å². The zero-order valence-corrected chi connectivity index (χ0v) is 12.5. The van der Waals surface area contributed by atoms with E-state index >= 15 is 0 Å². The molecule has 1 N–H and O–H groups in total. The van der Waals surface area contributed by atoms with Gasteiger partial charge in [-0.25, -0.2) is 26.0 Å². The summed E-state index contributed by atoms with van der Waals surface area (Å²) in [5, 5.41) is 0. The first-order chi connectivity index (χ1) is 9.22. The highest BCUT2D eigenvalue weighted by molar-refractivity contribution is 9.11. The van der Waals surface area contributed by atoms with Crippen molar-refractivity contribution in [1.29, 1.82) is 0 Å². The Kier molecular flexibility index (Phi) is 4.07. The van der Waals surface area contributed by atoms with Crippen LogP contribution < -0.4 is 4.72 Å². The molecule has 108 valence electrons. The maximum Gasteiger partial charge on any atom is 0.271 e. The fourth-order valence-corrected chi connectivity index (χ4v) is 4.36. The summed E-state index contributed by atoms with van der Waals surface area (Å²) in [5.74, 6) is -7.03. The lowest BCUT2D eigenvalue weighted by Crippen LogP contribution is -2.15. The van der Waals surface area contributed by atoms with Crippen molar-refractivity contribution in [2.45, 2.75) is 4.21 Å². The predicted octanol–water partition coefficient (Wildman–Crippen LogP) is 3.87. The van der Waals surface area contributed by atoms with Crippen LogP contribution in [0.15, 0.2) is 26.2 Å². The van der Waals surface area contributed by atoms with Gasteiger partial charge in [0.1, 0.15) is 9.90 Å².